The SMILES string of the molecule is CCCCCCCCOCc1ccc(CN)cc1Br. The fraction of sp³-hybridized carbons (Fsp3) is 0.625. The molecular formula is C16H26BrNO. The van der Waals surface area contributed by atoms with Crippen LogP contribution in [0, 0.1) is 0 Å². The van der Waals surface area contributed by atoms with Gasteiger partial charge in [0.15, 0.2) is 0 Å². The predicted octanol–water partition coefficient (Wildman–Crippen LogP) is 4.78. The third-order valence-corrected chi connectivity index (χ3v) is 3.99. The molecule has 108 valence electrons. The van der Waals surface area contributed by atoms with E-state index in [1.54, 1.807) is 0 Å². The van der Waals surface area contributed by atoms with E-state index in [0.717, 1.165) is 16.6 Å². The molecule has 0 aromatic heterocycles. The molecule has 0 atom stereocenters. The van der Waals surface area contributed by atoms with E-state index in [-0.39, 0.29) is 0 Å². The summed E-state index contributed by atoms with van der Waals surface area (Å²) in [6, 6.07) is 6.23. The lowest BCUT2D eigenvalue weighted by Gasteiger charge is -2.08. The zero-order chi connectivity index (χ0) is 13.9. The van der Waals surface area contributed by atoms with Crippen molar-refractivity contribution in [2.75, 3.05) is 6.61 Å². The molecule has 0 heterocycles. The lowest BCUT2D eigenvalue weighted by atomic mass is 10.1. The maximum atomic E-state index is 5.72. The molecule has 0 aliphatic carbocycles. The molecule has 0 saturated heterocycles. The molecule has 2 nitrogen and oxygen atoms in total. The van der Waals surface area contributed by atoms with Crippen LogP contribution >= 0.6 is 15.9 Å². The Kier molecular flexibility index (Phi) is 9.14. The first-order chi connectivity index (χ1) is 9.27. The van der Waals surface area contributed by atoms with Crippen LogP contribution in [-0.4, -0.2) is 6.61 Å². The molecule has 0 saturated carbocycles. The first kappa shape index (κ1) is 16.7. The van der Waals surface area contributed by atoms with Gasteiger partial charge in [0.25, 0.3) is 0 Å². The standard InChI is InChI=1S/C16H26BrNO/c1-2-3-4-5-6-7-10-19-13-15-9-8-14(12-18)11-16(15)17/h8-9,11H,2-7,10,12-13,18H2,1H3. The largest absolute Gasteiger partial charge is 0.377 e. The maximum Gasteiger partial charge on any atom is 0.0727 e. The van der Waals surface area contributed by atoms with E-state index < -0.39 is 0 Å². The Morgan fingerprint density at radius 2 is 1.84 bits per heavy atom. The van der Waals surface area contributed by atoms with Crippen molar-refractivity contribution in [3.8, 4) is 0 Å². The number of ether oxygens (including phenoxy) is 1. The van der Waals surface area contributed by atoms with Crippen molar-refractivity contribution in [1.82, 2.24) is 0 Å². The van der Waals surface area contributed by atoms with Gasteiger partial charge in [-0.3, -0.25) is 0 Å². The maximum absolute atomic E-state index is 5.72. The summed E-state index contributed by atoms with van der Waals surface area (Å²) in [5.41, 5.74) is 7.95. The predicted molar refractivity (Wildman–Crippen MR) is 85.1 cm³/mol. The quantitative estimate of drug-likeness (QED) is 0.627. The fourth-order valence-corrected chi connectivity index (χ4v) is 2.54. The first-order valence-corrected chi connectivity index (χ1v) is 8.12. The van der Waals surface area contributed by atoms with Crippen LogP contribution in [0.15, 0.2) is 22.7 Å². The van der Waals surface area contributed by atoms with Crippen LogP contribution in [-0.2, 0) is 17.9 Å². The van der Waals surface area contributed by atoms with Gasteiger partial charge in [-0.15, -0.1) is 0 Å². The molecule has 1 aromatic carbocycles. The topological polar surface area (TPSA) is 35.2 Å². The Bertz CT molecular complexity index is 355. The van der Waals surface area contributed by atoms with Gasteiger partial charge in [-0.25, -0.2) is 0 Å². The van der Waals surface area contributed by atoms with Crippen LogP contribution in [0.4, 0.5) is 0 Å². The molecule has 0 amide bonds. The Hall–Kier alpha value is -0.380. The van der Waals surface area contributed by atoms with Gasteiger partial charge in [-0.05, 0) is 23.6 Å². The molecule has 1 rings (SSSR count). The van der Waals surface area contributed by atoms with Gasteiger partial charge >= 0.3 is 0 Å². The molecule has 19 heavy (non-hydrogen) atoms. The number of benzene rings is 1. The van der Waals surface area contributed by atoms with Gasteiger partial charge in [0, 0.05) is 17.6 Å². The molecule has 1 aromatic rings. The molecule has 3 heteroatoms. The minimum absolute atomic E-state index is 0.581. The molecule has 0 aliphatic rings. The van der Waals surface area contributed by atoms with E-state index >= 15 is 0 Å². The van der Waals surface area contributed by atoms with E-state index in [1.165, 1.54) is 44.1 Å². The van der Waals surface area contributed by atoms with Crippen LogP contribution in [0.2, 0.25) is 0 Å². The van der Waals surface area contributed by atoms with Gasteiger partial charge < -0.3 is 10.5 Å². The summed E-state index contributed by atoms with van der Waals surface area (Å²) in [6.45, 7) is 4.37. The van der Waals surface area contributed by atoms with Gasteiger partial charge in [-0.1, -0.05) is 67.1 Å². The normalized spacial score (nSPS) is 10.9. The molecule has 0 aliphatic heterocycles. The second kappa shape index (κ2) is 10.4. The Morgan fingerprint density at radius 1 is 1.11 bits per heavy atom. The second-order valence-corrected chi connectivity index (χ2v) is 5.80. The summed E-state index contributed by atoms with van der Waals surface area (Å²) >= 11 is 3.56. The monoisotopic (exact) mass is 327 g/mol. The number of hydrogen-bond donors (Lipinski definition) is 1. The smallest absolute Gasteiger partial charge is 0.0727 e. The summed E-state index contributed by atoms with van der Waals surface area (Å²) in [5.74, 6) is 0. The van der Waals surface area contributed by atoms with Crippen molar-refractivity contribution >= 4 is 15.9 Å². The third kappa shape index (κ3) is 7.09. The highest BCUT2D eigenvalue weighted by Crippen LogP contribution is 2.19. The Labute approximate surface area is 125 Å². The zero-order valence-corrected chi connectivity index (χ0v) is 13.5. The number of nitrogens with two attached hydrogens (primary N) is 1. The molecule has 2 N–H and O–H groups in total. The highest BCUT2D eigenvalue weighted by molar-refractivity contribution is 9.10. The van der Waals surface area contributed by atoms with Crippen LogP contribution in [0.1, 0.15) is 56.6 Å². The first-order valence-electron chi connectivity index (χ1n) is 7.33. The van der Waals surface area contributed by atoms with E-state index in [9.17, 15) is 0 Å². The summed E-state index contributed by atoms with van der Waals surface area (Å²) in [5, 5.41) is 0. The van der Waals surface area contributed by atoms with E-state index in [4.69, 9.17) is 10.5 Å². The van der Waals surface area contributed by atoms with Gasteiger partial charge in [-0.2, -0.15) is 0 Å². The Morgan fingerprint density at radius 3 is 2.53 bits per heavy atom. The van der Waals surface area contributed by atoms with Crippen molar-refractivity contribution in [1.29, 1.82) is 0 Å². The molecule has 0 radical (unpaired) electrons. The van der Waals surface area contributed by atoms with Crippen molar-refractivity contribution in [3.63, 3.8) is 0 Å². The van der Waals surface area contributed by atoms with Crippen LogP contribution in [0.5, 0.6) is 0 Å². The molecule has 0 bridgehead atoms. The summed E-state index contributed by atoms with van der Waals surface area (Å²) in [7, 11) is 0. The number of hydrogen-bond acceptors (Lipinski definition) is 2. The summed E-state index contributed by atoms with van der Waals surface area (Å²) in [4.78, 5) is 0. The van der Waals surface area contributed by atoms with E-state index in [0.29, 0.717) is 13.2 Å². The minimum atomic E-state index is 0.581. The van der Waals surface area contributed by atoms with Crippen LogP contribution in [0.25, 0.3) is 0 Å². The highest BCUT2D eigenvalue weighted by Gasteiger charge is 2.01. The number of rotatable bonds is 10. The number of unbranched alkanes of at least 4 members (excludes halogenated alkanes) is 5. The highest BCUT2D eigenvalue weighted by atomic mass is 79.9. The van der Waals surface area contributed by atoms with Crippen LogP contribution in [0.3, 0.4) is 0 Å². The lowest BCUT2D eigenvalue weighted by Crippen LogP contribution is -1.99. The second-order valence-electron chi connectivity index (χ2n) is 4.95. The van der Waals surface area contributed by atoms with Gasteiger partial charge in [0.05, 0.1) is 6.61 Å². The van der Waals surface area contributed by atoms with Gasteiger partial charge in [0.1, 0.15) is 0 Å². The Balaban J connectivity index is 2.12. The van der Waals surface area contributed by atoms with Gasteiger partial charge in [0.2, 0.25) is 0 Å². The van der Waals surface area contributed by atoms with Crippen LogP contribution < -0.4 is 5.73 Å². The van der Waals surface area contributed by atoms with Crippen molar-refractivity contribution < 1.29 is 4.74 Å². The lowest BCUT2D eigenvalue weighted by molar-refractivity contribution is 0.116. The van der Waals surface area contributed by atoms with Crippen molar-refractivity contribution in [3.05, 3.63) is 33.8 Å². The zero-order valence-electron chi connectivity index (χ0n) is 12.0. The third-order valence-electron chi connectivity index (χ3n) is 3.25. The molecule has 0 fully saturated rings. The average molecular weight is 328 g/mol. The molecule has 0 spiro atoms. The van der Waals surface area contributed by atoms with Crippen molar-refractivity contribution in [2.24, 2.45) is 5.73 Å². The average Bonchev–Trinajstić information content (AvgIpc) is 2.43. The fourth-order valence-electron chi connectivity index (χ4n) is 2.00. The van der Waals surface area contributed by atoms with E-state index in [2.05, 4.69) is 41.1 Å². The minimum Gasteiger partial charge on any atom is -0.377 e. The summed E-state index contributed by atoms with van der Waals surface area (Å²) < 4.78 is 6.82. The summed E-state index contributed by atoms with van der Waals surface area (Å²) in [6.07, 6.45) is 7.83. The van der Waals surface area contributed by atoms with Crippen molar-refractivity contribution in [2.45, 2.75) is 58.6 Å². The number of halogens is 1. The molecule has 0 unspecified atom stereocenters. The molecular weight excluding hydrogens is 302 g/mol. The van der Waals surface area contributed by atoms with E-state index in [1.807, 2.05) is 0 Å².